The summed E-state index contributed by atoms with van der Waals surface area (Å²) in [5.41, 5.74) is 8.12. The lowest BCUT2D eigenvalue weighted by Crippen LogP contribution is -2.18. The highest BCUT2D eigenvalue weighted by molar-refractivity contribution is 5.85. The number of nitrogens with zero attached hydrogens (tertiary/aromatic N) is 1. The Balaban J connectivity index is 3.09. The van der Waals surface area contributed by atoms with Crippen molar-refractivity contribution in [2.24, 2.45) is 16.6 Å². The molecule has 0 saturated carbocycles. The van der Waals surface area contributed by atoms with E-state index < -0.39 is 0 Å². The van der Waals surface area contributed by atoms with Gasteiger partial charge < -0.3 is 5.73 Å². The summed E-state index contributed by atoms with van der Waals surface area (Å²) >= 11 is 0. The fourth-order valence-electron chi connectivity index (χ4n) is 1.35. The fraction of sp³-hybridized carbons (Fsp3) is 0.462. The third kappa shape index (κ3) is 3.08. The Morgan fingerprint density at radius 2 is 1.73 bits per heavy atom. The monoisotopic (exact) mass is 204 g/mol. The first kappa shape index (κ1) is 11.8. The van der Waals surface area contributed by atoms with E-state index >= 15 is 0 Å². The third-order valence-corrected chi connectivity index (χ3v) is 2.40. The highest BCUT2D eigenvalue weighted by Gasteiger charge is 2.06. The molecule has 2 nitrogen and oxygen atoms in total. The Kier molecular flexibility index (Phi) is 3.89. The molecule has 0 atom stereocenters. The zero-order valence-electron chi connectivity index (χ0n) is 9.99. The zero-order chi connectivity index (χ0) is 11.4. The number of nitrogens with two attached hydrogens (primary N) is 1. The molecule has 0 aromatic heterocycles. The van der Waals surface area contributed by atoms with Crippen molar-refractivity contribution >= 4 is 11.5 Å². The first-order chi connectivity index (χ1) is 7.02. The molecule has 1 rings (SSSR count). The molecule has 2 N–H and O–H groups in total. The molecule has 0 aliphatic heterocycles. The molecule has 15 heavy (non-hydrogen) atoms. The molecule has 0 fully saturated rings. The molecule has 0 heterocycles. The lowest BCUT2D eigenvalue weighted by Gasteiger charge is -2.10. The topological polar surface area (TPSA) is 38.4 Å². The van der Waals surface area contributed by atoms with Gasteiger partial charge in [0.15, 0.2) is 0 Å². The number of para-hydroxylation sites is 1. The standard InChI is InChI=1S/C13H20N2/c1-9(2)11-7-5-6-8-12(11)15-13(14)10(3)4/h5-10H,1-4H3,(H2,14,15). The second-order valence-corrected chi connectivity index (χ2v) is 4.40. The van der Waals surface area contributed by atoms with Gasteiger partial charge in [-0.05, 0) is 17.5 Å². The summed E-state index contributed by atoms with van der Waals surface area (Å²) in [7, 11) is 0. The Morgan fingerprint density at radius 3 is 2.27 bits per heavy atom. The van der Waals surface area contributed by atoms with Crippen LogP contribution in [0.4, 0.5) is 5.69 Å². The van der Waals surface area contributed by atoms with Gasteiger partial charge in [0.1, 0.15) is 5.84 Å². The van der Waals surface area contributed by atoms with Gasteiger partial charge in [0.05, 0.1) is 5.69 Å². The molecule has 0 radical (unpaired) electrons. The molecule has 0 spiro atoms. The molecular formula is C13H20N2. The van der Waals surface area contributed by atoms with Crippen molar-refractivity contribution < 1.29 is 0 Å². The van der Waals surface area contributed by atoms with Crippen molar-refractivity contribution in [1.29, 1.82) is 0 Å². The number of aliphatic imine (C=N–C) groups is 1. The van der Waals surface area contributed by atoms with Crippen LogP contribution in [0.2, 0.25) is 0 Å². The van der Waals surface area contributed by atoms with Crippen LogP contribution in [0.1, 0.15) is 39.2 Å². The lowest BCUT2D eigenvalue weighted by atomic mass is 10.0. The number of hydrogen-bond acceptors (Lipinski definition) is 1. The maximum absolute atomic E-state index is 5.87. The minimum absolute atomic E-state index is 0.296. The summed E-state index contributed by atoms with van der Waals surface area (Å²) < 4.78 is 0. The first-order valence-corrected chi connectivity index (χ1v) is 5.45. The Bertz CT molecular complexity index is 351. The van der Waals surface area contributed by atoms with Crippen molar-refractivity contribution in [3.63, 3.8) is 0 Å². The van der Waals surface area contributed by atoms with Gasteiger partial charge in [-0.1, -0.05) is 45.9 Å². The van der Waals surface area contributed by atoms with Gasteiger partial charge >= 0.3 is 0 Å². The molecule has 0 bridgehead atoms. The van der Waals surface area contributed by atoms with Crippen LogP contribution in [0.15, 0.2) is 29.3 Å². The summed E-state index contributed by atoms with van der Waals surface area (Å²) in [5.74, 6) is 1.47. The van der Waals surface area contributed by atoms with Crippen LogP contribution in [-0.4, -0.2) is 5.84 Å². The van der Waals surface area contributed by atoms with Gasteiger partial charge in [0.25, 0.3) is 0 Å². The molecular weight excluding hydrogens is 184 g/mol. The minimum atomic E-state index is 0.296. The molecule has 0 aliphatic carbocycles. The normalized spacial score (nSPS) is 12.5. The van der Waals surface area contributed by atoms with Crippen LogP contribution in [0.25, 0.3) is 0 Å². The van der Waals surface area contributed by atoms with Gasteiger partial charge in [-0.2, -0.15) is 0 Å². The van der Waals surface area contributed by atoms with Crippen molar-refractivity contribution in [2.45, 2.75) is 33.6 Å². The fourth-order valence-corrected chi connectivity index (χ4v) is 1.35. The van der Waals surface area contributed by atoms with Crippen molar-refractivity contribution in [3.8, 4) is 0 Å². The summed E-state index contributed by atoms with van der Waals surface area (Å²) in [6.07, 6.45) is 0. The molecule has 0 saturated heterocycles. The molecule has 2 heteroatoms. The van der Waals surface area contributed by atoms with E-state index in [4.69, 9.17) is 5.73 Å². The Hall–Kier alpha value is -1.31. The van der Waals surface area contributed by atoms with Crippen LogP contribution in [0.3, 0.4) is 0 Å². The maximum atomic E-state index is 5.87. The van der Waals surface area contributed by atoms with E-state index in [1.807, 2.05) is 18.2 Å². The Labute approximate surface area is 92.2 Å². The summed E-state index contributed by atoms with van der Waals surface area (Å²) in [6.45, 7) is 8.44. The smallest absolute Gasteiger partial charge is 0.102 e. The average molecular weight is 204 g/mol. The van der Waals surface area contributed by atoms with E-state index in [9.17, 15) is 0 Å². The minimum Gasteiger partial charge on any atom is -0.387 e. The first-order valence-electron chi connectivity index (χ1n) is 5.45. The van der Waals surface area contributed by atoms with Crippen molar-refractivity contribution in [3.05, 3.63) is 29.8 Å². The van der Waals surface area contributed by atoms with Crippen LogP contribution < -0.4 is 5.73 Å². The number of rotatable bonds is 3. The van der Waals surface area contributed by atoms with Crippen LogP contribution in [0.5, 0.6) is 0 Å². The molecule has 0 aliphatic rings. The van der Waals surface area contributed by atoms with E-state index in [-0.39, 0.29) is 0 Å². The lowest BCUT2D eigenvalue weighted by molar-refractivity contribution is 0.856. The van der Waals surface area contributed by atoms with Gasteiger partial charge in [0.2, 0.25) is 0 Å². The van der Waals surface area contributed by atoms with Gasteiger partial charge in [0, 0.05) is 5.92 Å². The Morgan fingerprint density at radius 1 is 1.13 bits per heavy atom. The molecule has 0 amide bonds. The zero-order valence-corrected chi connectivity index (χ0v) is 9.99. The molecule has 1 aromatic rings. The van der Waals surface area contributed by atoms with Crippen molar-refractivity contribution in [2.75, 3.05) is 0 Å². The van der Waals surface area contributed by atoms with E-state index in [0.717, 1.165) is 5.69 Å². The van der Waals surface area contributed by atoms with Crippen LogP contribution in [-0.2, 0) is 0 Å². The summed E-state index contributed by atoms with van der Waals surface area (Å²) in [4.78, 5) is 4.47. The second-order valence-electron chi connectivity index (χ2n) is 4.40. The van der Waals surface area contributed by atoms with E-state index in [1.54, 1.807) is 0 Å². The highest BCUT2D eigenvalue weighted by Crippen LogP contribution is 2.26. The van der Waals surface area contributed by atoms with Crippen LogP contribution >= 0.6 is 0 Å². The summed E-state index contributed by atoms with van der Waals surface area (Å²) in [6, 6.07) is 8.17. The summed E-state index contributed by atoms with van der Waals surface area (Å²) in [5, 5.41) is 0. The average Bonchev–Trinajstić information content (AvgIpc) is 2.18. The second kappa shape index (κ2) is 4.96. The molecule has 1 aromatic carbocycles. The van der Waals surface area contributed by atoms with Gasteiger partial charge in [-0.3, -0.25) is 0 Å². The quantitative estimate of drug-likeness (QED) is 0.594. The van der Waals surface area contributed by atoms with Gasteiger partial charge in [-0.25, -0.2) is 4.99 Å². The molecule has 0 unspecified atom stereocenters. The van der Waals surface area contributed by atoms with E-state index in [2.05, 4.69) is 38.8 Å². The van der Waals surface area contributed by atoms with Crippen molar-refractivity contribution in [1.82, 2.24) is 0 Å². The van der Waals surface area contributed by atoms with Gasteiger partial charge in [-0.15, -0.1) is 0 Å². The number of amidine groups is 1. The predicted molar refractivity (Wildman–Crippen MR) is 66.7 cm³/mol. The SMILES string of the molecule is CC(C)C(N)=Nc1ccccc1C(C)C. The maximum Gasteiger partial charge on any atom is 0.102 e. The molecule has 82 valence electrons. The number of hydrogen-bond donors (Lipinski definition) is 1. The largest absolute Gasteiger partial charge is 0.387 e. The van der Waals surface area contributed by atoms with E-state index in [0.29, 0.717) is 17.7 Å². The number of benzene rings is 1. The highest BCUT2D eigenvalue weighted by atomic mass is 14.9. The van der Waals surface area contributed by atoms with E-state index in [1.165, 1.54) is 5.56 Å². The third-order valence-electron chi connectivity index (χ3n) is 2.40. The van der Waals surface area contributed by atoms with Crippen LogP contribution in [0, 0.1) is 5.92 Å². The predicted octanol–water partition coefficient (Wildman–Crippen LogP) is 3.45.